The molecule has 0 atom stereocenters. The highest BCUT2D eigenvalue weighted by Gasteiger charge is 2.30. The average molecular weight is 389 g/mol. The molecule has 28 heavy (non-hydrogen) atoms. The fourth-order valence-electron chi connectivity index (χ4n) is 3.08. The smallest absolute Gasteiger partial charge is 0.226 e. The maximum atomic E-state index is 5.67. The van der Waals surface area contributed by atoms with E-state index in [9.17, 15) is 0 Å². The molecular weight excluding hydrogens is 370 g/mol. The van der Waals surface area contributed by atoms with Gasteiger partial charge < -0.3 is 4.42 Å². The zero-order chi connectivity index (χ0) is 18.9. The Morgan fingerprint density at radius 2 is 1.82 bits per heavy atom. The van der Waals surface area contributed by atoms with E-state index in [1.807, 2.05) is 24.3 Å². The highest BCUT2D eigenvalue weighted by Crippen LogP contribution is 2.41. The molecule has 3 heterocycles. The summed E-state index contributed by atoms with van der Waals surface area (Å²) in [6, 6.07) is 12.6. The van der Waals surface area contributed by atoms with Crippen molar-refractivity contribution >= 4 is 11.8 Å². The van der Waals surface area contributed by atoms with E-state index in [0.717, 1.165) is 27.8 Å². The topological polar surface area (TPSA) is 69.6 Å². The van der Waals surface area contributed by atoms with Crippen LogP contribution in [0.1, 0.15) is 30.1 Å². The Morgan fingerprint density at radius 1 is 1.04 bits per heavy atom. The summed E-state index contributed by atoms with van der Waals surface area (Å²) in [5.74, 6) is 2.25. The van der Waals surface area contributed by atoms with Crippen LogP contribution in [0, 0.1) is 6.92 Å². The molecular formula is C21H19N5OS. The first-order valence-corrected chi connectivity index (χ1v) is 10.3. The Kier molecular flexibility index (Phi) is 4.44. The van der Waals surface area contributed by atoms with Gasteiger partial charge in [-0.15, -0.1) is 10.2 Å². The molecule has 0 spiro atoms. The quantitative estimate of drug-likeness (QED) is 0.436. The van der Waals surface area contributed by atoms with Crippen molar-refractivity contribution in [3.8, 4) is 22.8 Å². The summed E-state index contributed by atoms with van der Waals surface area (Å²) in [5, 5.41) is 9.81. The van der Waals surface area contributed by atoms with E-state index >= 15 is 0 Å². The van der Waals surface area contributed by atoms with Crippen LogP contribution in [0.25, 0.3) is 22.8 Å². The van der Waals surface area contributed by atoms with E-state index in [2.05, 4.69) is 43.8 Å². The van der Waals surface area contributed by atoms with E-state index in [0.29, 0.717) is 17.7 Å². The largest absolute Gasteiger partial charge is 0.444 e. The predicted molar refractivity (Wildman–Crippen MR) is 108 cm³/mol. The molecule has 1 aromatic carbocycles. The van der Waals surface area contributed by atoms with Crippen LogP contribution in [0.4, 0.5) is 0 Å². The van der Waals surface area contributed by atoms with Crippen LogP contribution in [-0.2, 0) is 5.75 Å². The molecule has 6 nitrogen and oxygen atoms in total. The molecule has 0 unspecified atom stereocenters. The molecule has 1 fully saturated rings. The second-order valence-electron chi connectivity index (χ2n) is 6.94. The van der Waals surface area contributed by atoms with Gasteiger partial charge in [0.2, 0.25) is 5.89 Å². The first-order valence-electron chi connectivity index (χ1n) is 9.27. The molecule has 3 aromatic heterocycles. The lowest BCUT2D eigenvalue weighted by Crippen LogP contribution is -2.00. The molecule has 7 heteroatoms. The van der Waals surface area contributed by atoms with Gasteiger partial charge in [-0.05, 0) is 44.0 Å². The summed E-state index contributed by atoms with van der Waals surface area (Å²) in [5.41, 5.74) is 4.15. The second kappa shape index (κ2) is 7.24. The number of aryl methyl sites for hydroxylation is 1. The highest BCUT2D eigenvalue weighted by atomic mass is 32.2. The molecule has 1 aliphatic rings. The van der Waals surface area contributed by atoms with E-state index in [4.69, 9.17) is 4.42 Å². The number of hydrogen-bond acceptors (Lipinski definition) is 6. The molecule has 0 amide bonds. The van der Waals surface area contributed by atoms with Gasteiger partial charge in [0.05, 0.1) is 5.69 Å². The third-order valence-corrected chi connectivity index (χ3v) is 5.69. The zero-order valence-corrected chi connectivity index (χ0v) is 16.3. The number of benzene rings is 1. The Labute approximate surface area is 167 Å². The summed E-state index contributed by atoms with van der Waals surface area (Å²) in [6.45, 7) is 2.07. The van der Waals surface area contributed by atoms with E-state index in [-0.39, 0.29) is 0 Å². The van der Waals surface area contributed by atoms with Crippen LogP contribution in [0.3, 0.4) is 0 Å². The van der Waals surface area contributed by atoms with Crippen molar-refractivity contribution in [3.63, 3.8) is 0 Å². The van der Waals surface area contributed by atoms with Crippen LogP contribution >= 0.6 is 11.8 Å². The summed E-state index contributed by atoms with van der Waals surface area (Å²) < 4.78 is 7.92. The summed E-state index contributed by atoms with van der Waals surface area (Å²) in [6.07, 6.45) is 7.65. The maximum absolute atomic E-state index is 5.67. The second-order valence-corrected chi connectivity index (χ2v) is 7.88. The molecule has 4 aromatic rings. The lowest BCUT2D eigenvalue weighted by atomic mass is 10.1. The Hall–Kier alpha value is -2.93. The average Bonchev–Trinajstić information content (AvgIpc) is 3.30. The number of hydrogen-bond donors (Lipinski definition) is 0. The third kappa shape index (κ3) is 3.45. The van der Waals surface area contributed by atoms with Crippen LogP contribution in [0.5, 0.6) is 0 Å². The number of oxazole rings is 1. The maximum Gasteiger partial charge on any atom is 0.226 e. The molecule has 0 N–H and O–H groups in total. The molecule has 5 rings (SSSR count). The van der Waals surface area contributed by atoms with Gasteiger partial charge in [0.15, 0.2) is 11.0 Å². The monoisotopic (exact) mass is 389 g/mol. The van der Waals surface area contributed by atoms with Gasteiger partial charge in [-0.25, -0.2) is 4.98 Å². The third-order valence-electron chi connectivity index (χ3n) is 4.71. The van der Waals surface area contributed by atoms with E-state index in [1.54, 1.807) is 30.4 Å². The number of pyridine rings is 1. The van der Waals surface area contributed by atoms with Crippen molar-refractivity contribution < 1.29 is 4.42 Å². The molecule has 1 saturated carbocycles. The van der Waals surface area contributed by atoms with Gasteiger partial charge in [0.25, 0.3) is 0 Å². The Bertz CT molecular complexity index is 1080. The van der Waals surface area contributed by atoms with Gasteiger partial charge in [0, 0.05) is 35.3 Å². The van der Waals surface area contributed by atoms with Gasteiger partial charge in [-0.1, -0.05) is 29.5 Å². The van der Waals surface area contributed by atoms with Crippen LogP contribution in [0.2, 0.25) is 0 Å². The van der Waals surface area contributed by atoms with Gasteiger partial charge >= 0.3 is 0 Å². The summed E-state index contributed by atoms with van der Waals surface area (Å²) in [4.78, 5) is 8.72. The lowest BCUT2D eigenvalue weighted by Gasteiger charge is -2.08. The minimum atomic E-state index is 0.487. The first-order chi connectivity index (χ1) is 13.8. The van der Waals surface area contributed by atoms with Crippen molar-refractivity contribution in [1.82, 2.24) is 24.7 Å². The Balaban J connectivity index is 1.35. The van der Waals surface area contributed by atoms with Crippen molar-refractivity contribution in [3.05, 3.63) is 66.3 Å². The normalized spacial score (nSPS) is 13.8. The number of thioether (sulfide) groups is 1. The van der Waals surface area contributed by atoms with Crippen molar-refractivity contribution in [1.29, 1.82) is 0 Å². The molecule has 140 valence electrons. The predicted octanol–water partition coefficient (Wildman–Crippen LogP) is 4.93. The van der Waals surface area contributed by atoms with Crippen LogP contribution in [0.15, 0.2) is 64.6 Å². The fourth-order valence-corrected chi connectivity index (χ4v) is 3.96. The minimum Gasteiger partial charge on any atom is -0.444 e. The number of rotatable bonds is 6. The van der Waals surface area contributed by atoms with E-state index < -0.39 is 0 Å². The first kappa shape index (κ1) is 17.2. The molecule has 1 aliphatic carbocycles. The standard InChI is InChI=1S/C21H19N5OS/c1-14-2-4-16(5-3-14)20-23-17(12-27-20)13-28-21-25-24-19(26(21)18-6-7-18)15-8-10-22-11-9-15/h2-5,8-12,18H,6-7,13H2,1H3. The van der Waals surface area contributed by atoms with Crippen molar-refractivity contribution in [2.75, 3.05) is 0 Å². The van der Waals surface area contributed by atoms with E-state index in [1.165, 1.54) is 18.4 Å². The zero-order valence-electron chi connectivity index (χ0n) is 15.4. The number of nitrogens with zero attached hydrogens (tertiary/aromatic N) is 5. The number of aromatic nitrogens is 5. The van der Waals surface area contributed by atoms with Gasteiger partial charge in [-0.3, -0.25) is 9.55 Å². The fraction of sp³-hybridized carbons (Fsp3) is 0.238. The van der Waals surface area contributed by atoms with Gasteiger partial charge in [-0.2, -0.15) is 0 Å². The van der Waals surface area contributed by atoms with Crippen LogP contribution in [-0.4, -0.2) is 24.7 Å². The summed E-state index contributed by atoms with van der Waals surface area (Å²) >= 11 is 1.65. The minimum absolute atomic E-state index is 0.487. The molecule has 0 bridgehead atoms. The van der Waals surface area contributed by atoms with Gasteiger partial charge in [0.1, 0.15) is 6.26 Å². The Morgan fingerprint density at radius 3 is 2.57 bits per heavy atom. The van der Waals surface area contributed by atoms with Crippen molar-refractivity contribution in [2.24, 2.45) is 0 Å². The molecule has 0 aliphatic heterocycles. The summed E-state index contributed by atoms with van der Waals surface area (Å²) in [7, 11) is 0. The lowest BCUT2D eigenvalue weighted by molar-refractivity contribution is 0.573. The van der Waals surface area contributed by atoms with Crippen molar-refractivity contribution in [2.45, 2.75) is 36.7 Å². The molecule has 0 radical (unpaired) electrons. The van der Waals surface area contributed by atoms with Crippen LogP contribution < -0.4 is 0 Å². The molecule has 0 saturated heterocycles. The SMILES string of the molecule is Cc1ccc(-c2nc(CSc3nnc(-c4ccncc4)n3C3CC3)co2)cc1. The highest BCUT2D eigenvalue weighted by molar-refractivity contribution is 7.98.